The van der Waals surface area contributed by atoms with E-state index in [2.05, 4.69) is 15.5 Å². The van der Waals surface area contributed by atoms with Crippen molar-refractivity contribution in [3.05, 3.63) is 46.7 Å². The normalized spacial score (nSPS) is 10.2. The molecular weight excluding hydrogens is 290 g/mol. The molecule has 0 unspecified atom stereocenters. The van der Waals surface area contributed by atoms with Gasteiger partial charge in [0.05, 0.1) is 12.3 Å². The molecule has 5 nitrogen and oxygen atoms in total. The Hall–Kier alpha value is -2.14. The molecule has 0 spiro atoms. The Morgan fingerprint density at radius 1 is 1.29 bits per heavy atom. The lowest BCUT2D eigenvalue weighted by Gasteiger charge is -2.12. The fraction of sp³-hybridized carbons (Fsp3) is 0.267. The molecule has 0 saturated carbocycles. The quantitative estimate of drug-likeness (QED) is 0.918. The highest BCUT2D eigenvalue weighted by Crippen LogP contribution is 2.26. The van der Waals surface area contributed by atoms with Crippen LogP contribution in [0, 0.1) is 6.92 Å². The fourth-order valence-corrected chi connectivity index (χ4v) is 1.79. The molecule has 1 aromatic heterocycles. The lowest BCUT2D eigenvalue weighted by atomic mass is 10.2. The van der Waals surface area contributed by atoms with Crippen molar-refractivity contribution in [3.63, 3.8) is 0 Å². The van der Waals surface area contributed by atoms with Crippen molar-refractivity contribution in [2.75, 3.05) is 11.9 Å². The minimum atomic E-state index is -0.357. The van der Waals surface area contributed by atoms with E-state index in [0.29, 0.717) is 18.0 Å². The number of rotatable bonds is 5. The second-order valence-corrected chi connectivity index (χ2v) is 4.93. The number of aryl methyl sites for hydroxylation is 1. The zero-order chi connectivity index (χ0) is 15.2. The molecule has 0 aliphatic heterocycles. The largest absolute Gasteiger partial charge is 0.491 e. The van der Waals surface area contributed by atoms with Gasteiger partial charge in [-0.25, -0.2) is 0 Å². The summed E-state index contributed by atoms with van der Waals surface area (Å²) in [6, 6.07) is 8.64. The molecule has 2 rings (SSSR count). The summed E-state index contributed by atoms with van der Waals surface area (Å²) < 4.78 is 5.65. The molecule has 0 saturated heterocycles. The van der Waals surface area contributed by atoms with E-state index in [9.17, 15) is 4.79 Å². The van der Waals surface area contributed by atoms with Crippen molar-refractivity contribution < 1.29 is 9.53 Å². The smallest absolute Gasteiger partial charge is 0.276 e. The molecular formula is C15H16ClN3O2. The van der Waals surface area contributed by atoms with Crippen LogP contribution in [0.2, 0.25) is 5.15 Å². The number of hydrogen-bond acceptors (Lipinski definition) is 4. The lowest BCUT2D eigenvalue weighted by Crippen LogP contribution is -2.15. The first kappa shape index (κ1) is 15.3. The van der Waals surface area contributed by atoms with E-state index in [1.165, 1.54) is 12.1 Å². The van der Waals surface area contributed by atoms with Crippen molar-refractivity contribution >= 4 is 23.2 Å². The molecule has 0 fully saturated rings. The van der Waals surface area contributed by atoms with Gasteiger partial charge in [0.15, 0.2) is 10.8 Å². The van der Waals surface area contributed by atoms with Gasteiger partial charge in [-0.05, 0) is 43.2 Å². The summed E-state index contributed by atoms with van der Waals surface area (Å²) in [5.41, 5.74) is 1.86. The van der Waals surface area contributed by atoms with Crippen LogP contribution in [0.25, 0.3) is 0 Å². The van der Waals surface area contributed by atoms with Crippen LogP contribution in [0.1, 0.15) is 29.4 Å². The average Bonchev–Trinajstić information content (AvgIpc) is 2.48. The maximum atomic E-state index is 12.1. The van der Waals surface area contributed by atoms with E-state index >= 15 is 0 Å². The van der Waals surface area contributed by atoms with E-state index < -0.39 is 0 Å². The zero-order valence-electron chi connectivity index (χ0n) is 11.9. The molecule has 6 heteroatoms. The van der Waals surface area contributed by atoms with Gasteiger partial charge in [0.2, 0.25) is 0 Å². The molecule has 0 bridgehead atoms. The summed E-state index contributed by atoms with van der Waals surface area (Å²) in [6.45, 7) is 4.58. The number of amides is 1. The van der Waals surface area contributed by atoms with Gasteiger partial charge in [-0.2, -0.15) is 0 Å². The van der Waals surface area contributed by atoms with E-state index in [-0.39, 0.29) is 16.8 Å². The molecule has 1 amide bonds. The van der Waals surface area contributed by atoms with Gasteiger partial charge >= 0.3 is 0 Å². The highest BCUT2D eigenvalue weighted by molar-refractivity contribution is 6.29. The molecule has 110 valence electrons. The number of anilines is 1. The topological polar surface area (TPSA) is 64.1 Å². The Balaban J connectivity index is 2.18. The second-order valence-electron chi connectivity index (χ2n) is 4.54. The number of nitrogens with zero attached hydrogens (tertiary/aromatic N) is 2. The lowest BCUT2D eigenvalue weighted by molar-refractivity contribution is 0.102. The summed E-state index contributed by atoms with van der Waals surface area (Å²) in [7, 11) is 0. The van der Waals surface area contributed by atoms with Crippen LogP contribution in [0.5, 0.6) is 5.75 Å². The Kier molecular flexibility index (Phi) is 5.11. The standard InChI is InChI=1S/C15H16ClN3O2/c1-3-8-21-13-9-10(2)4-5-11(13)17-15(20)12-6-7-14(16)19-18-12/h4-7,9H,3,8H2,1-2H3,(H,17,20). The molecule has 0 radical (unpaired) electrons. The number of hydrogen-bond donors (Lipinski definition) is 1. The third kappa shape index (κ3) is 4.16. The molecule has 0 atom stereocenters. The van der Waals surface area contributed by atoms with Crippen molar-refractivity contribution in [3.8, 4) is 5.75 Å². The summed E-state index contributed by atoms with van der Waals surface area (Å²) in [6.07, 6.45) is 0.893. The SMILES string of the molecule is CCCOc1cc(C)ccc1NC(=O)c1ccc(Cl)nn1. The van der Waals surface area contributed by atoms with Crippen LogP contribution in [0.15, 0.2) is 30.3 Å². The van der Waals surface area contributed by atoms with Crippen LogP contribution in [0.4, 0.5) is 5.69 Å². The van der Waals surface area contributed by atoms with Gasteiger partial charge in [-0.1, -0.05) is 24.6 Å². The number of carbonyl (C=O) groups excluding carboxylic acids is 1. The molecule has 1 N–H and O–H groups in total. The molecule has 1 heterocycles. The predicted molar refractivity (Wildman–Crippen MR) is 82.0 cm³/mol. The Morgan fingerprint density at radius 2 is 2.10 bits per heavy atom. The maximum absolute atomic E-state index is 12.1. The van der Waals surface area contributed by atoms with E-state index in [4.69, 9.17) is 16.3 Å². The van der Waals surface area contributed by atoms with Crippen molar-refractivity contribution in [2.45, 2.75) is 20.3 Å². The van der Waals surface area contributed by atoms with E-state index in [0.717, 1.165) is 12.0 Å². The molecule has 1 aromatic carbocycles. The first-order chi connectivity index (χ1) is 10.1. The minimum Gasteiger partial charge on any atom is -0.491 e. The number of halogens is 1. The predicted octanol–water partition coefficient (Wildman–Crippen LogP) is 3.48. The first-order valence-corrected chi connectivity index (χ1v) is 7.02. The van der Waals surface area contributed by atoms with Crippen LogP contribution >= 0.6 is 11.6 Å². The number of nitrogens with one attached hydrogen (secondary N) is 1. The van der Waals surface area contributed by atoms with Crippen LogP contribution < -0.4 is 10.1 Å². The summed E-state index contributed by atoms with van der Waals surface area (Å²) >= 11 is 5.65. The summed E-state index contributed by atoms with van der Waals surface area (Å²) in [5.74, 6) is 0.288. The Labute approximate surface area is 128 Å². The van der Waals surface area contributed by atoms with Gasteiger partial charge in [0.1, 0.15) is 5.75 Å². The first-order valence-electron chi connectivity index (χ1n) is 6.64. The average molecular weight is 306 g/mol. The molecule has 0 aliphatic carbocycles. The van der Waals surface area contributed by atoms with Gasteiger partial charge in [-0.3, -0.25) is 4.79 Å². The highest BCUT2D eigenvalue weighted by atomic mass is 35.5. The van der Waals surface area contributed by atoms with Crippen LogP contribution in [-0.4, -0.2) is 22.7 Å². The van der Waals surface area contributed by atoms with Crippen LogP contribution in [0.3, 0.4) is 0 Å². The number of benzene rings is 1. The van der Waals surface area contributed by atoms with E-state index in [1.54, 1.807) is 0 Å². The van der Waals surface area contributed by atoms with Crippen molar-refractivity contribution in [1.82, 2.24) is 10.2 Å². The molecule has 2 aromatic rings. The Bertz CT molecular complexity index is 629. The highest BCUT2D eigenvalue weighted by Gasteiger charge is 2.12. The van der Waals surface area contributed by atoms with Gasteiger partial charge in [0, 0.05) is 0 Å². The van der Waals surface area contributed by atoms with Gasteiger partial charge in [-0.15, -0.1) is 10.2 Å². The summed E-state index contributed by atoms with van der Waals surface area (Å²) in [5, 5.41) is 10.4. The van der Waals surface area contributed by atoms with Gasteiger partial charge < -0.3 is 10.1 Å². The number of aromatic nitrogens is 2. The molecule has 0 aliphatic rings. The van der Waals surface area contributed by atoms with Crippen molar-refractivity contribution in [2.24, 2.45) is 0 Å². The monoisotopic (exact) mass is 305 g/mol. The van der Waals surface area contributed by atoms with Crippen molar-refractivity contribution in [1.29, 1.82) is 0 Å². The number of ether oxygens (including phenoxy) is 1. The van der Waals surface area contributed by atoms with Crippen LogP contribution in [-0.2, 0) is 0 Å². The van der Waals surface area contributed by atoms with Gasteiger partial charge in [0.25, 0.3) is 5.91 Å². The maximum Gasteiger partial charge on any atom is 0.276 e. The molecule has 21 heavy (non-hydrogen) atoms. The summed E-state index contributed by atoms with van der Waals surface area (Å²) in [4.78, 5) is 12.1. The Morgan fingerprint density at radius 3 is 2.76 bits per heavy atom. The third-order valence-electron chi connectivity index (χ3n) is 2.71. The number of carbonyl (C=O) groups is 1. The van der Waals surface area contributed by atoms with E-state index in [1.807, 2.05) is 32.0 Å². The third-order valence-corrected chi connectivity index (χ3v) is 2.91. The fourth-order valence-electron chi connectivity index (χ4n) is 1.69. The zero-order valence-corrected chi connectivity index (χ0v) is 12.6. The minimum absolute atomic E-state index is 0.196. The second kappa shape index (κ2) is 7.04.